The van der Waals surface area contributed by atoms with Crippen molar-refractivity contribution in [1.29, 1.82) is 0 Å². The maximum Gasteiger partial charge on any atom is 0.229 e. The Balaban J connectivity index is 2.14. The predicted molar refractivity (Wildman–Crippen MR) is 90.4 cm³/mol. The lowest BCUT2D eigenvalue weighted by Gasteiger charge is -2.22. The van der Waals surface area contributed by atoms with E-state index in [1.54, 1.807) is 17.0 Å². The number of nitrogens with zero attached hydrogens (tertiary/aromatic N) is 1. The molecule has 1 fully saturated rings. The molecule has 5 nitrogen and oxygen atoms in total. The normalized spacial score (nSPS) is 18.6. The maximum atomic E-state index is 12.4. The summed E-state index contributed by atoms with van der Waals surface area (Å²) in [5, 5.41) is 12.8. The van der Waals surface area contributed by atoms with Crippen molar-refractivity contribution in [2.45, 2.75) is 52.5 Å². The Kier molecular flexibility index (Phi) is 4.68. The minimum atomic E-state index is -0.373. The van der Waals surface area contributed by atoms with Gasteiger partial charge in [-0.3, -0.25) is 9.59 Å². The molecule has 0 bridgehead atoms. The molecule has 0 unspecified atom stereocenters. The first-order valence-electron chi connectivity index (χ1n) is 8.03. The third kappa shape index (κ3) is 3.84. The summed E-state index contributed by atoms with van der Waals surface area (Å²) in [7, 11) is 0. The molecule has 1 atom stereocenters. The molecule has 0 aliphatic carbocycles. The van der Waals surface area contributed by atoms with Gasteiger partial charge in [0.15, 0.2) is 0 Å². The summed E-state index contributed by atoms with van der Waals surface area (Å²) in [6, 6.07) is 5.34. The van der Waals surface area contributed by atoms with Gasteiger partial charge in [0.2, 0.25) is 11.8 Å². The Morgan fingerprint density at radius 3 is 2.52 bits per heavy atom. The minimum Gasteiger partial charge on any atom is -0.506 e. The molecule has 1 saturated heterocycles. The molecule has 126 valence electrons. The lowest BCUT2D eigenvalue weighted by molar-refractivity contribution is -0.129. The summed E-state index contributed by atoms with van der Waals surface area (Å²) >= 11 is 0. The van der Waals surface area contributed by atoms with Gasteiger partial charge in [-0.25, -0.2) is 0 Å². The van der Waals surface area contributed by atoms with E-state index in [4.69, 9.17) is 0 Å². The van der Waals surface area contributed by atoms with Gasteiger partial charge >= 0.3 is 0 Å². The van der Waals surface area contributed by atoms with E-state index in [9.17, 15) is 14.7 Å². The van der Waals surface area contributed by atoms with Crippen molar-refractivity contribution < 1.29 is 14.7 Å². The Morgan fingerprint density at radius 1 is 1.35 bits per heavy atom. The van der Waals surface area contributed by atoms with E-state index in [0.29, 0.717) is 12.2 Å². The Hall–Kier alpha value is -2.04. The second-order valence-electron chi connectivity index (χ2n) is 7.51. The van der Waals surface area contributed by atoms with E-state index in [1.807, 2.05) is 19.9 Å². The molecule has 23 heavy (non-hydrogen) atoms. The van der Waals surface area contributed by atoms with Gasteiger partial charge in [-0.15, -0.1) is 0 Å². The number of phenolic OH excluding ortho intramolecular Hbond substituents is 1. The van der Waals surface area contributed by atoms with Gasteiger partial charge in [-0.1, -0.05) is 26.8 Å². The number of aromatic hydroxyl groups is 1. The highest BCUT2D eigenvalue weighted by atomic mass is 16.3. The van der Waals surface area contributed by atoms with Crippen molar-refractivity contribution in [2.75, 3.05) is 11.9 Å². The van der Waals surface area contributed by atoms with Crippen LogP contribution in [0.15, 0.2) is 18.2 Å². The smallest absolute Gasteiger partial charge is 0.229 e. The van der Waals surface area contributed by atoms with Gasteiger partial charge in [0.05, 0.1) is 11.6 Å². The molecular formula is C18H26N2O3. The number of nitrogens with one attached hydrogen (secondary N) is 1. The maximum absolute atomic E-state index is 12.4. The Morgan fingerprint density at radius 2 is 2.00 bits per heavy atom. The molecule has 1 aliphatic rings. The van der Waals surface area contributed by atoms with E-state index < -0.39 is 0 Å². The van der Waals surface area contributed by atoms with Crippen LogP contribution in [-0.4, -0.2) is 34.4 Å². The Bertz CT molecular complexity index is 617. The van der Waals surface area contributed by atoms with Gasteiger partial charge < -0.3 is 15.3 Å². The first-order chi connectivity index (χ1) is 10.6. The second kappa shape index (κ2) is 6.22. The fourth-order valence-electron chi connectivity index (χ4n) is 2.74. The van der Waals surface area contributed by atoms with Gasteiger partial charge in [0.1, 0.15) is 5.75 Å². The quantitative estimate of drug-likeness (QED) is 0.842. The Labute approximate surface area is 137 Å². The van der Waals surface area contributed by atoms with Crippen LogP contribution in [-0.2, 0) is 15.0 Å². The lowest BCUT2D eigenvalue weighted by Crippen LogP contribution is -2.33. The standard InChI is InChI=1S/C18H26N2O3/c1-11(2)20-10-12(8-16(20)22)17(23)19-14-9-13(18(3,4)5)6-7-15(14)21/h6-7,9,11-12,21H,8,10H2,1-5H3,(H,19,23)/t12-/m1/s1. The zero-order chi connectivity index (χ0) is 17.4. The topological polar surface area (TPSA) is 69.6 Å². The molecule has 0 spiro atoms. The number of rotatable bonds is 3. The third-order valence-electron chi connectivity index (χ3n) is 4.27. The summed E-state index contributed by atoms with van der Waals surface area (Å²) in [6.07, 6.45) is 0.226. The van der Waals surface area contributed by atoms with Crippen LogP contribution < -0.4 is 5.32 Å². The molecule has 1 aliphatic heterocycles. The molecule has 1 heterocycles. The van der Waals surface area contributed by atoms with E-state index in [1.165, 1.54) is 0 Å². The number of amides is 2. The van der Waals surface area contributed by atoms with Crippen LogP contribution >= 0.6 is 0 Å². The van der Waals surface area contributed by atoms with Gasteiger partial charge in [-0.05, 0) is 37.0 Å². The summed E-state index contributed by atoms with van der Waals surface area (Å²) in [6.45, 7) is 10.5. The second-order valence-corrected chi connectivity index (χ2v) is 7.51. The molecule has 0 saturated carbocycles. The highest BCUT2D eigenvalue weighted by molar-refractivity contribution is 5.98. The molecule has 2 N–H and O–H groups in total. The van der Waals surface area contributed by atoms with Crippen molar-refractivity contribution in [2.24, 2.45) is 5.92 Å². The highest BCUT2D eigenvalue weighted by Gasteiger charge is 2.35. The van der Waals surface area contributed by atoms with Crippen molar-refractivity contribution in [3.05, 3.63) is 23.8 Å². The van der Waals surface area contributed by atoms with E-state index in [2.05, 4.69) is 26.1 Å². The van der Waals surface area contributed by atoms with Gasteiger partial charge in [0.25, 0.3) is 0 Å². The van der Waals surface area contributed by atoms with Crippen LogP contribution in [0.3, 0.4) is 0 Å². The molecule has 1 aromatic carbocycles. The first kappa shape index (κ1) is 17.3. The third-order valence-corrected chi connectivity index (χ3v) is 4.27. The SMILES string of the molecule is CC(C)N1C[C@H](C(=O)Nc2cc(C(C)(C)C)ccc2O)CC1=O. The fourth-order valence-corrected chi connectivity index (χ4v) is 2.74. The van der Waals surface area contributed by atoms with E-state index in [-0.39, 0.29) is 41.4 Å². The van der Waals surface area contributed by atoms with Crippen molar-refractivity contribution in [3.8, 4) is 5.75 Å². The molecule has 0 radical (unpaired) electrons. The average molecular weight is 318 g/mol. The summed E-state index contributed by atoms with van der Waals surface area (Å²) in [4.78, 5) is 26.1. The van der Waals surface area contributed by atoms with Crippen LogP contribution in [0.1, 0.15) is 46.6 Å². The lowest BCUT2D eigenvalue weighted by atomic mass is 9.87. The number of likely N-dealkylation sites (tertiary alicyclic amines) is 1. The average Bonchev–Trinajstić information content (AvgIpc) is 2.82. The molecule has 2 amide bonds. The fraction of sp³-hybridized carbons (Fsp3) is 0.556. The predicted octanol–water partition coefficient (Wildman–Crippen LogP) is 2.89. The molecule has 5 heteroatoms. The van der Waals surface area contributed by atoms with Crippen molar-refractivity contribution in [1.82, 2.24) is 4.90 Å². The van der Waals surface area contributed by atoms with Crippen LogP contribution in [0.5, 0.6) is 5.75 Å². The van der Waals surface area contributed by atoms with Gasteiger partial charge in [-0.2, -0.15) is 0 Å². The largest absolute Gasteiger partial charge is 0.506 e. The van der Waals surface area contributed by atoms with E-state index >= 15 is 0 Å². The number of carbonyl (C=O) groups is 2. The van der Waals surface area contributed by atoms with E-state index in [0.717, 1.165) is 5.56 Å². The van der Waals surface area contributed by atoms with Crippen molar-refractivity contribution in [3.63, 3.8) is 0 Å². The van der Waals surface area contributed by atoms with Crippen LogP contribution in [0.4, 0.5) is 5.69 Å². The first-order valence-corrected chi connectivity index (χ1v) is 8.03. The molecule has 0 aromatic heterocycles. The number of hydrogen-bond acceptors (Lipinski definition) is 3. The molecular weight excluding hydrogens is 292 g/mol. The number of phenols is 1. The molecule has 1 aromatic rings. The number of benzene rings is 1. The number of carbonyl (C=O) groups excluding carboxylic acids is 2. The molecule has 2 rings (SSSR count). The number of hydrogen-bond donors (Lipinski definition) is 2. The summed E-state index contributed by atoms with van der Waals surface area (Å²) in [5.41, 5.74) is 1.35. The zero-order valence-electron chi connectivity index (χ0n) is 14.5. The van der Waals surface area contributed by atoms with Crippen LogP contribution in [0.25, 0.3) is 0 Å². The zero-order valence-corrected chi connectivity index (χ0v) is 14.5. The van der Waals surface area contributed by atoms with Crippen molar-refractivity contribution >= 4 is 17.5 Å². The number of anilines is 1. The van der Waals surface area contributed by atoms with Crippen LogP contribution in [0.2, 0.25) is 0 Å². The highest BCUT2D eigenvalue weighted by Crippen LogP contribution is 2.31. The monoisotopic (exact) mass is 318 g/mol. The summed E-state index contributed by atoms with van der Waals surface area (Å²) < 4.78 is 0. The van der Waals surface area contributed by atoms with Gasteiger partial charge in [0, 0.05) is 19.0 Å². The van der Waals surface area contributed by atoms with Crippen LogP contribution in [0, 0.1) is 5.92 Å². The minimum absolute atomic E-state index is 0.00724. The summed E-state index contributed by atoms with van der Waals surface area (Å²) in [5.74, 6) is -0.547.